The summed E-state index contributed by atoms with van der Waals surface area (Å²) in [7, 11) is 3.20. The molecule has 1 aliphatic rings. The fraction of sp³-hybridized carbons (Fsp3) is 0.208. The van der Waals surface area contributed by atoms with Crippen LogP contribution in [-0.4, -0.2) is 25.0 Å². The first-order chi connectivity index (χ1) is 14.6. The van der Waals surface area contributed by atoms with Crippen LogP contribution in [0.2, 0.25) is 5.02 Å². The first-order valence-electron chi connectivity index (χ1n) is 9.67. The molecule has 1 aliphatic heterocycles. The zero-order valence-corrected chi connectivity index (χ0v) is 17.6. The van der Waals surface area contributed by atoms with E-state index < -0.39 is 0 Å². The van der Waals surface area contributed by atoms with Crippen molar-refractivity contribution in [3.63, 3.8) is 0 Å². The molecule has 0 aliphatic carbocycles. The maximum absolute atomic E-state index is 10.7. The summed E-state index contributed by atoms with van der Waals surface area (Å²) in [5.41, 5.74) is 3.74. The third-order valence-corrected chi connectivity index (χ3v) is 5.53. The molecule has 3 aromatic rings. The standard InChI is InChI=1S/C24H23ClN2O3/c1-29-18-12-8-15(9-13-18)20-14-21(19-4-3-5-22(30-2)23(19)28)27-24(26-20)16-6-10-17(25)11-7-16/h3-13,21,24,27-28H,14H2,1-2H3/t21-,24+/m0/s1. The van der Waals surface area contributed by atoms with Gasteiger partial charge in [-0.1, -0.05) is 35.9 Å². The molecule has 3 aromatic carbocycles. The van der Waals surface area contributed by atoms with E-state index in [0.29, 0.717) is 17.2 Å². The van der Waals surface area contributed by atoms with E-state index in [1.165, 1.54) is 0 Å². The number of phenolic OH excluding ortho intramolecular Hbond substituents is 1. The van der Waals surface area contributed by atoms with Crippen molar-refractivity contribution in [3.05, 3.63) is 88.4 Å². The molecule has 0 unspecified atom stereocenters. The van der Waals surface area contributed by atoms with Gasteiger partial charge in [0, 0.05) is 28.8 Å². The molecule has 0 spiro atoms. The number of ether oxygens (including phenoxy) is 2. The lowest BCUT2D eigenvalue weighted by Crippen LogP contribution is -2.33. The van der Waals surface area contributed by atoms with Crippen LogP contribution in [-0.2, 0) is 0 Å². The van der Waals surface area contributed by atoms with Crippen LogP contribution in [0.25, 0.3) is 0 Å². The van der Waals surface area contributed by atoms with Gasteiger partial charge in [0.1, 0.15) is 11.9 Å². The molecule has 0 aromatic heterocycles. The number of hydrogen-bond donors (Lipinski definition) is 2. The Balaban J connectivity index is 1.75. The Morgan fingerprint density at radius 3 is 2.37 bits per heavy atom. The number of para-hydroxylation sites is 1. The third kappa shape index (κ3) is 4.13. The number of aromatic hydroxyl groups is 1. The van der Waals surface area contributed by atoms with Gasteiger partial charge in [0.15, 0.2) is 11.5 Å². The highest BCUT2D eigenvalue weighted by Crippen LogP contribution is 2.38. The molecular formula is C24H23ClN2O3. The average molecular weight is 423 g/mol. The fourth-order valence-electron chi connectivity index (χ4n) is 3.67. The second-order valence-corrected chi connectivity index (χ2v) is 7.52. The van der Waals surface area contributed by atoms with Gasteiger partial charge in [-0.25, -0.2) is 0 Å². The first kappa shape index (κ1) is 20.3. The van der Waals surface area contributed by atoms with Crippen molar-refractivity contribution in [3.8, 4) is 17.2 Å². The van der Waals surface area contributed by atoms with Gasteiger partial charge in [-0.05, 0) is 53.6 Å². The Labute approximate surface area is 180 Å². The molecule has 2 atom stereocenters. The Morgan fingerprint density at radius 2 is 1.70 bits per heavy atom. The minimum Gasteiger partial charge on any atom is -0.504 e. The SMILES string of the molecule is COc1ccc(C2=N[C@@H](c3ccc(Cl)cc3)N[C@H](c3cccc(OC)c3O)C2)cc1. The highest BCUT2D eigenvalue weighted by Gasteiger charge is 2.28. The van der Waals surface area contributed by atoms with Crippen LogP contribution in [0.5, 0.6) is 17.2 Å². The van der Waals surface area contributed by atoms with Gasteiger partial charge in [0.05, 0.1) is 14.2 Å². The van der Waals surface area contributed by atoms with E-state index in [-0.39, 0.29) is 18.0 Å². The number of nitrogens with one attached hydrogen (secondary N) is 1. The van der Waals surface area contributed by atoms with E-state index in [1.54, 1.807) is 20.3 Å². The molecule has 2 N–H and O–H groups in total. The van der Waals surface area contributed by atoms with Crippen LogP contribution in [0.4, 0.5) is 0 Å². The van der Waals surface area contributed by atoms with Crippen LogP contribution in [0, 0.1) is 0 Å². The summed E-state index contributed by atoms with van der Waals surface area (Å²) in [5.74, 6) is 1.39. The average Bonchev–Trinajstić information content (AvgIpc) is 2.79. The Kier molecular flexibility index (Phi) is 5.93. The third-order valence-electron chi connectivity index (χ3n) is 5.28. The first-order valence-corrected chi connectivity index (χ1v) is 10.1. The van der Waals surface area contributed by atoms with Gasteiger partial charge in [-0.2, -0.15) is 0 Å². The molecule has 4 rings (SSSR count). The smallest absolute Gasteiger partial charge is 0.162 e. The van der Waals surface area contributed by atoms with E-state index in [0.717, 1.165) is 28.2 Å². The maximum atomic E-state index is 10.7. The zero-order valence-electron chi connectivity index (χ0n) is 16.8. The van der Waals surface area contributed by atoms with Crippen molar-refractivity contribution in [1.82, 2.24) is 5.32 Å². The summed E-state index contributed by atoms with van der Waals surface area (Å²) in [6.07, 6.45) is 0.348. The van der Waals surface area contributed by atoms with E-state index in [1.807, 2.05) is 60.7 Å². The van der Waals surface area contributed by atoms with Crippen molar-refractivity contribution in [2.75, 3.05) is 14.2 Å². The summed E-state index contributed by atoms with van der Waals surface area (Å²) in [6, 6.07) is 20.9. The summed E-state index contributed by atoms with van der Waals surface area (Å²) in [4.78, 5) is 4.96. The molecule has 6 heteroatoms. The lowest BCUT2D eigenvalue weighted by molar-refractivity contribution is 0.360. The Morgan fingerprint density at radius 1 is 0.967 bits per heavy atom. The van der Waals surface area contributed by atoms with Crippen LogP contribution >= 0.6 is 11.6 Å². The van der Waals surface area contributed by atoms with E-state index in [4.69, 9.17) is 26.1 Å². The highest BCUT2D eigenvalue weighted by molar-refractivity contribution is 6.30. The predicted octanol–water partition coefficient (Wildman–Crippen LogP) is 5.29. The minimum absolute atomic E-state index is 0.142. The molecule has 0 radical (unpaired) electrons. The molecule has 0 saturated heterocycles. The Hall–Kier alpha value is -3.02. The number of halogens is 1. The van der Waals surface area contributed by atoms with Crippen LogP contribution in [0.1, 0.15) is 35.3 Å². The zero-order chi connectivity index (χ0) is 21.1. The number of hydrogen-bond acceptors (Lipinski definition) is 5. The topological polar surface area (TPSA) is 63.1 Å². The number of rotatable bonds is 5. The number of phenols is 1. The number of nitrogens with zero attached hydrogens (tertiary/aromatic N) is 1. The molecule has 1 heterocycles. The van der Waals surface area contributed by atoms with Crippen molar-refractivity contribution >= 4 is 17.3 Å². The van der Waals surface area contributed by atoms with Gasteiger partial charge in [-0.3, -0.25) is 10.3 Å². The molecular weight excluding hydrogens is 400 g/mol. The van der Waals surface area contributed by atoms with Crippen LogP contribution < -0.4 is 14.8 Å². The number of benzene rings is 3. The van der Waals surface area contributed by atoms with Crippen molar-refractivity contribution in [2.24, 2.45) is 4.99 Å². The minimum atomic E-state index is -0.274. The molecule has 5 nitrogen and oxygen atoms in total. The van der Waals surface area contributed by atoms with Gasteiger partial charge in [0.25, 0.3) is 0 Å². The van der Waals surface area contributed by atoms with Gasteiger partial charge >= 0.3 is 0 Å². The summed E-state index contributed by atoms with van der Waals surface area (Å²) in [5, 5.41) is 14.9. The largest absolute Gasteiger partial charge is 0.504 e. The molecule has 0 bridgehead atoms. The van der Waals surface area contributed by atoms with Gasteiger partial charge in [-0.15, -0.1) is 0 Å². The second kappa shape index (κ2) is 8.78. The van der Waals surface area contributed by atoms with Crippen LogP contribution in [0.15, 0.2) is 71.7 Å². The Bertz CT molecular complexity index is 1050. The lowest BCUT2D eigenvalue weighted by Gasteiger charge is -2.31. The predicted molar refractivity (Wildman–Crippen MR) is 119 cm³/mol. The number of methoxy groups -OCH3 is 2. The van der Waals surface area contributed by atoms with E-state index in [2.05, 4.69) is 5.32 Å². The van der Waals surface area contributed by atoms with Crippen LogP contribution in [0.3, 0.4) is 0 Å². The molecule has 30 heavy (non-hydrogen) atoms. The van der Waals surface area contributed by atoms with Gasteiger partial charge in [0.2, 0.25) is 0 Å². The number of aliphatic imine (C=N–C) groups is 1. The van der Waals surface area contributed by atoms with Crippen molar-refractivity contribution in [1.29, 1.82) is 0 Å². The molecule has 154 valence electrons. The molecule has 0 fully saturated rings. The van der Waals surface area contributed by atoms with Gasteiger partial charge < -0.3 is 14.6 Å². The summed E-state index contributed by atoms with van der Waals surface area (Å²) in [6.45, 7) is 0. The quantitative estimate of drug-likeness (QED) is 0.586. The summed E-state index contributed by atoms with van der Waals surface area (Å²) >= 11 is 6.07. The van der Waals surface area contributed by atoms with E-state index >= 15 is 0 Å². The van der Waals surface area contributed by atoms with E-state index in [9.17, 15) is 5.11 Å². The van der Waals surface area contributed by atoms with Crippen molar-refractivity contribution in [2.45, 2.75) is 18.6 Å². The van der Waals surface area contributed by atoms with Crippen molar-refractivity contribution < 1.29 is 14.6 Å². The maximum Gasteiger partial charge on any atom is 0.162 e. The second-order valence-electron chi connectivity index (χ2n) is 7.08. The fourth-order valence-corrected chi connectivity index (χ4v) is 3.79. The molecule has 0 saturated carbocycles. The molecule has 0 amide bonds. The summed E-state index contributed by atoms with van der Waals surface area (Å²) < 4.78 is 10.6. The monoisotopic (exact) mass is 422 g/mol. The normalized spacial score (nSPS) is 18.6. The highest BCUT2D eigenvalue weighted by atomic mass is 35.5. The lowest BCUT2D eigenvalue weighted by atomic mass is 9.93.